The van der Waals surface area contributed by atoms with Gasteiger partial charge in [-0.25, -0.2) is 9.97 Å². The molecule has 0 N–H and O–H groups in total. The van der Waals surface area contributed by atoms with Gasteiger partial charge in [0.2, 0.25) is 0 Å². The second kappa shape index (κ2) is 7.26. The smallest absolute Gasteiger partial charge is 0.140 e. The van der Waals surface area contributed by atoms with Crippen LogP contribution in [0.3, 0.4) is 0 Å². The van der Waals surface area contributed by atoms with Gasteiger partial charge in [0, 0.05) is 39.7 Å². The van der Waals surface area contributed by atoms with E-state index in [4.69, 9.17) is 9.97 Å². The number of aryl methyl sites for hydroxylation is 1. The molecule has 2 aromatic heterocycles. The van der Waals surface area contributed by atoms with Crippen LogP contribution in [0.1, 0.15) is 0 Å². The van der Waals surface area contributed by atoms with E-state index in [-0.39, 0.29) is 0 Å². The van der Waals surface area contributed by atoms with Crippen molar-refractivity contribution in [3.63, 3.8) is 0 Å². The van der Waals surface area contributed by atoms with Crippen LogP contribution in [0.25, 0.3) is 66.1 Å². The Balaban J connectivity index is 1.79. The van der Waals surface area contributed by atoms with Crippen molar-refractivity contribution in [1.29, 1.82) is 0 Å². The molecular formula is C31H21N3. The summed E-state index contributed by atoms with van der Waals surface area (Å²) in [6, 6.07) is 38.0. The van der Waals surface area contributed by atoms with Crippen LogP contribution in [0.5, 0.6) is 0 Å². The molecule has 0 fully saturated rings. The molecule has 160 valence electrons. The number of aromatic nitrogens is 3. The minimum Gasteiger partial charge on any atom is -0.327 e. The number of hydrogen-bond acceptors (Lipinski definition) is 2. The van der Waals surface area contributed by atoms with Gasteiger partial charge in [-0.2, -0.15) is 0 Å². The third-order valence-corrected chi connectivity index (χ3v) is 6.76. The highest BCUT2D eigenvalue weighted by molar-refractivity contribution is 6.29. The Kier molecular flexibility index (Phi) is 4.06. The summed E-state index contributed by atoms with van der Waals surface area (Å²) in [6.45, 7) is 0. The molecule has 3 nitrogen and oxygen atoms in total. The summed E-state index contributed by atoms with van der Waals surface area (Å²) in [5.41, 5.74) is 7.59. The van der Waals surface area contributed by atoms with E-state index >= 15 is 0 Å². The SMILES string of the molecule is Cn1c(-c2ccccc2)nc2c3c(-c4ccccc4)c4ccccc4nc3c3ccccc3c21. The van der Waals surface area contributed by atoms with Crippen molar-refractivity contribution in [2.45, 2.75) is 0 Å². The van der Waals surface area contributed by atoms with Crippen LogP contribution in [0.4, 0.5) is 0 Å². The maximum Gasteiger partial charge on any atom is 0.140 e. The summed E-state index contributed by atoms with van der Waals surface area (Å²) in [5.74, 6) is 0.959. The lowest BCUT2D eigenvalue weighted by molar-refractivity contribution is 0.962. The van der Waals surface area contributed by atoms with Crippen LogP contribution in [0.15, 0.2) is 109 Å². The average molecular weight is 436 g/mol. The maximum absolute atomic E-state index is 5.28. The van der Waals surface area contributed by atoms with Gasteiger partial charge in [0.25, 0.3) is 0 Å². The summed E-state index contributed by atoms with van der Waals surface area (Å²) < 4.78 is 2.23. The molecule has 0 spiro atoms. The Bertz CT molecular complexity index is 1850. The molecule has 3 heteroatoms. The van der Waals surface area contributed by atoms with E-state index < -0.39 is 0 Å². The van der Waals surface area contributed by atoms with Crippen molar-refractivity contribution in [3.8, 4) is 22.5 Å². The third-order valence-electron chi connectivity index (χ3n) is 6.76. The molecule has 0 radical (unpaired) electrons. The Hall–Kier alpha value is -4.50. The van der Waals surface area contributed by atoms with Gasteiger partial charge in [0.15, 0.2) is 0 Å². The van der Waals surface area contributed by atoms with Crippen molar-refractivity contribution in [2.24, 2.45) is 7.05 Å². The van der Waals surface area contributed by atoms with Gasteiger partial charge < -0.3 is 4.57 Å². The molecular weight excluding hydrogens is 414 g/mol. The lowest BCUT2D eigenvalue weighted by atomic mass is 9.93. The zero-order valence-corrected chi connectivity index (χ0v) is 18.7. The van der Waals surface area contributed by atoms with Gasteiger partial charge in [-0.05, 0) is 11.6 Å². The van der Waals surface area contributed by atoms with Gasteiger partial charge in [0.1, 0.15) is 5.82 Å². The molecule has 0 amide bonds. The fourth-order valence-corrected chi connectivity index (χ4v) is 5.26. The zero-order valence-electron chi connectivity index (χ0n) is 18.7. The Morgan fingerprint density at radius 1 is 0.529 bits per heavy atom. The number of benzene rings is 5. The highest BCUT2D eigenvalue weighted by Crippen LogP contribution is 2.43. The average Bonchev–Trinajstić information content (AvgIpc) is 3.26. The number of rotatable bonds is 2. The highest BCUT2D eigenvalue weighted by atomic mass is 15.1. The lowest BCUT2D eigenvalue weighted by Gasteiger charge is -2.14. The molecule has 0 aliphatic rings. The molecule has 34 heavy (non-hydrogen) atoms. The number of para-hydroxylation sites is 1. The lowest BCUT2D eigenvalue weighted by Crippen LogP contribution is -1.94. The number of hydrogen-bond donors (Lipinski definition) is 0. The molecule has 0 bridgehead atoms. The van der Waals surface area contributed by atoms with E-state index in [1.165, 1.54) is 16.5 Å². The fourth-order valence-electron chi connectivity index (χ4n) is 5.26. The summed E-state index contributed by atoms with van der Waals surface area (Å²) in [5, 5.41) is 4.57. The Labute approximate surface area is 196 Å². The molecule has 0 aliphatic carbocycles. The van der Waals surface area contributed by atoms with Crippen LogP contribution in [-0.4, -0.2) is 14.5 Å². The number of fused-ring (bicyclic) bond motifs is 7. The quantitative estimate of drug-likeness (QED) is 0.205. The Morgan fingerprint density at radius 2 is 1.12 bits per heavy atom. The first kappa shape index (κ1) is 19.0. The van der Waals surface area contributed by atoms with E-state index in [9.17, 15) is 0 Å². The minimum atomic E-state index is 0.959. The van der Waals surface area contributed by atoms with Crippen molar-refractivity contribution in [1.82, 2.24) is 14.5 Å². The van der Waals surface area contributed by atoms with E-state index in [2.05, 4.69) is 115 Å². The van der Waals surface area contributed by atoms with Gasteiger partial charge in [-0.3, -0.25) is 0 Å². The van der Waals surface area contributed by atoms with Crippen LogP contribution in [0, 0.1) is 0 Å². The summed E-state index contributed by atoms with van der Waals surface area (Å²) >= 11 is 0. The monoisotopic (exact) mass is 435 g/mol. The second-order valence-corrected chi connectivity index (χ2v) is 8.70. The van der Waals surface area contributed by atoms with Crippen LogP contribution in [-0.2, 0) is 7.05 Å². The van der Waals surface area contributed by atoms with Crippen LogP contribution >= 0.6 is 0 Å². The molecule has 7 aromatic rings. The van der Waals surface area contributed by atoms with Crippen LogP contribution in [0.2, 0.25) is 0 Å². The molecule has 0 atom stereocenters. The van der Waals surface area contributed by atoms with Gasteiger partial charge >= 0.3 is 0 Å². The largest absolute Gasteiger partial charge is 0.327 e. The molecule has 0 saturated heterocycles. The van der Waals surface area contributed by atoms with Crippen molar-refractivity contribution in [3.05, 3.63) is 109 Å². The van der Waals surface area contributed by atoms with E-state index in [1.54, 1.807) is 0 Å². The minimum absolute atomic E-state index is 0.959. The predicted octanol–water partition coefficient (Wildman–Crippen LogP) is 7.76. The highest BCUT2D eigenvalue weighted by Gasteiger charge is 2.21. The van der Waals surface area contributed by atoms with Crippen molar-refractivity contribution >= 4 is 43.6 Å². The third kappa shape index (κ3) is 2.64. The number of imidazole rings is 1. The number of pyridine rings is 1. The van der Waals surface area contributed by atoms with E-state index in [0.717, 1.165) is 49.6 Å². The predicted molar refractivity (Wildman–Crippen MR) is 142 cm³/mol. The fraction of sp³-hybridized carbons (Fsp3) is 0.0323. The topological polar surface area (TPSA) is 30.7 Å². The molecule has 0 saturated carbocycles. The molecule has 0 unspecified atom stereocenters. The summed E-state index contributed by atoms with van der Waals surface area (Å²) in [4.78, 5) is 10.5. The molecule has 2 heterocycles. The summed E-state index contributed by atoms with van der Waals surface area (Å²) in [7, 11) is 2.12. The summed E-state index contributed by atoms with van der Waals surface area (Å²) in [6.07, 6.45) is 0. The van der Waals surface area contributed by atoms with E-state index in [1.807, 2.05) is 6.07 Å². The first-order chi connectivity index (χ1) is 16.8. The maximum atomic E-state index is 5.28. The van der Waals surface area contributed by atoms with Crippen molar-refractivity contribution in [2.75, 3.05) is 0 Å². The zero-order chi connectivity index (χ0) is 22.6. The normalized spacial score (nSPS) is 11.7. The first-order valence-corrected chi connectivity index (χ1v) is 11.5. The Morgan fingerprint density at radius 3 is 1.85 bits per heavy atom. The second-order valence-electron chi connectivity index (χ2n) is 8.70. The molecule has 7 rings (SSSR count). The van der Waals surface area contributed by atoms with Gasteiger partial charge in [0.05, 0.1) is 22.1 Å². The number of nitrogens with zero attached hydrogens (tertiary/aromatic N) is 3. The molecule has 0 aliphatic heterocycles. The van der Waals surface area contributed by atoms with Gasteiger partial charge in [-0.1, -0.05) is 103 Å². The van der Waals surface area contributed by atoms with Gasteiger partial charge in [-0.15, -0.1) is 0 Å². The van der Waals surface area contributed by atoms with E-state index in [0.29, 0.717) is 0 Å². The van der Waals surface area contributed by atoms with Crippen molar-refractivity contribution < 1.29 is 0 Å². The molecule has 5 aromatic carbocycles. The first-order valence-electron chi connectivity index (χ1n) is 11.5. The standard InChI is InChI=1S/C31H21N3/c1-34-30-23-17-9-8-16-22(23)28-27(29(30)33-31(34)21-14-6-3-7-15-21)26(20-12-4-2-5-13-20)24-18-10-11-19-25(24)32-28/h2-19H,1H3. The van der Waals surface area contributed by atoms with Crippen LogP contribution < -0.4 is 0 Å².